The van der Waals surface area contributed by atoms with Crippen LogP contribution in [-0.4, -0.2) is 51.0 Å². The summed E-state index contributed by atoms with van der Waals surface area (Å²) in [6, 6.07) is 8.69. The second-order valence-corrected chi connectivity index (χ2v) is 7.61. The van der Waals surface area contributed by atoms with E-state index in [-0.39, 0.29) is 0 Å². The van der Waals surface area contributed by atoms with Crippen LogP contribution < -0.4 is 10.6 Å². The number of hydrogen-bond donors (Lipinski definition) is 2. The molecule has 3 aromatic rings. The zero-order valence-corrected chi connectivity index (χ0v) is 16.8. The molecule has 1 aromatic carbocycles. The first-order chi connectivity index (χ1) is 14.1. The van der Waals surface area contributed by atoms with Gasteiger partial charge in [-0.1, -0.05) is 12.0 Å². The third-order valence-electron chi connectivity index (χ3n) is 5.43. The summed E-state index contributed by atoms with van der Waals surface area (Å²) in [5, 5.41) is 6.79. The molecule has 2 aromatic heterocycles. The van der Waals surface area contributed by atoms with Crippen molar-refractivity contribution in [1.82, 2.24) is 24.8 Å². The fourth-order valence-corrected chi connectivity index (χ4v) is 3.76. The zero-order chi connectivity index (χ0) is 20.2. The lowest BCUT2D eigenvalue weighted by molar-refractivity contribution is 0.221. The molecule has 0 saturated heterocycles. The molecule has 0 aliphatic heterocycles. The van der Waals surface area contributed by atoms with Crippen molar-refractivity contribution in [2.45, 2.75) is 37.8 Å². The Morgan fingerprint density at radius 2 is 1.93 bits per heavy atom. The number of nitrogens with zero attached hydrogens (tertiary/aromatic N) is 5. The first-order valence-corrected chi connectivity index (χ1v) is 9.87. The van der Waals surface area contributed by atoms with E-state index < -0.39 is 0 Å². The standard InChI is InChI=1S/C22H25N7/c1-4-15-6-5-7-17(12-15)26-21-20-19(24-14-25-21)13-23-22(28-20)27-16-8-10-18(11-9-16)29(2)3/h1,5-7,12-14,16,18H,8-11H2,2-3H3,(H,23,27,28)(H,24,25,26)/t16-,18-. The maximum absolute atomic E-state index is 5.50. The van der Waals surface area contributed by atoms with Crippen molar-refractivity contribution in [2.24, 2.45) is 0 Å². The lowest BCUT2D eigenvalue weighted by Crippen LogP contribution is -2.36. The molecule has 1 aliphatic rings. The van der Waals surface area contributed by atoms with E-state index in [9.17, 15) is 0 Å². The number of anilines is 3. The molecule has 7 nitrogen and oxygen atoms in total. The van der Waals surface area contributed by atoms with Crippen molar-refractivity contribution in [2.75, 3.05) is 24.7 Å². The molecule has 29 heavy (non-hydrogen) atoms. The predicted octanol–water partition coefficient (Wildman–Crippen LogP) is 3.43. The maximum atomic E-state index is 5.50. The smallest absolute Gasteiger partial charge is 0.223 e. The topological polar surface area (TPSA) is 78.9 Å². The van der Waals surface area contributed by atoms with Gasteiger partial charge in [0.05, 0.1) is 6.20 Å². The van der Waals surface area contributed by atoms with Crippen LogP contribution >= 0.6 is 0 Å². The van der Waals surface area contributed by atoms with Gasteiger partial charge in [0, 0.05) is 23.3 Å². The lowest BCUT2D eigenvalue weighted by Gasteiger charge is -2.32. The molecule has 0 unspecified atom stereocenters. The molecule has 4 rings (SSSR count). The Morgan fingerprint density at radius 1 is 1.10 bits per heavy atom. The van der Waals surface area contributed by atoms with Crippen LogP contribution in [0.15, 0.2) is 36.8 Å². The summed E-state index contributed by atoms with van der Waals surface area (Å²) >= 11 is 0. The molecule has 1 aliphatic carbocycles. The Kier molecular flexibility index (Phi) is 5.54. The van der Waals surface area contributed by atoms with Crippen LogP contribution in [0, 0.1) is 12.3 Å². The van der Waals surface area contributed by atoms with Crippen molar-refractivity contribution in [1.29, 1.82) is 0 Å². The van der Waals surface area contributed by atoms with Gasteiger partial charge in [-0.15, -0.1) is 6.42 Å². The molecule has 1 fully saturated rings. The minimum absolute atomic E-state index is 0.386. The van der Waals surface area contributed by atoms with Crippen molar-refractivity contribution in [3.05, 3.63) is 42.4 Å². The van der Waals surface area contributed by atoms with Crippen LogP contribution in [0.2, 0.25) is 0 Å². The summed E-state index contributed by atoms with van der Waals surface area (Å²) in [7, 11) is 4.30. The quantitative estimate of drug-likeness (QED) is 0.649. The molecular weight excluding hydrogens is 362 g/mol. The summed E-state index contributed by atoms with van der Waals surface area (Å²) in [5.41, 5.74) is 3.03. The monoisotopic (exact) mass is 387 g/mol. The molecule has 0 amide bonds. The van der Waals surface area contributed by atoms with Crippen molar-refractivity contribution < 1.29 is 0 Å². The Balaban J connectivity index is 1.54. The van der Waals surface area contributed by atoms with Crippen LogP contribution in [0.4, 0.5) is 17.5 Å². The van der Waals surface area contributed by atoms with Gasteiger partial charge >= 0.3 is 0 Å². The van der Waals surface area contributed by atoms with Crippen LogP contribution in [0.25, 0.3) is 11.0 Å². The normalized spacial score (nSPS) is 19.1. The largest absolute Gasteiger partial charge is 0.351 e. The number of terminal acetylenes is 1. The van der Waals surface area contributed by atoms with E-state index in [0.29, 0.717) is 34.9 Å². The molecule has 0 atom stereocenters. The Labute approximate surface area is 171 Å². The first kappa shape index (κ1) is 19.1. The first-order valence-electron chi connectivity index (χ1n) is 9.87. The SMILES string of the molecule is C#Cc1cccc(Nc2ncnc3cnc(N[C@H]4CC[C@H](N(C)C)CC4)nc23)c1. The molecule has 2 heterocycles. The molecule has 0 radical (unpaired) electrons. The van der Waals surface area contributed by atoms with Gasteiger partial charge in [-0.2, -0.15) is 0 Å². The number of rotatable bonds is 5. The van der Waals surface area contributed by atoms with E-state index in [2.05, 4.69) is 50.5 Å². The molecular formula is C22H25N7. The molecule has 2 N–H and O–H groups in total. The van der Waals surface area contributed by atoms with E-state index in [1.807, 2.05) is 24.3 Å². The van der Waals surface area contributed by atoms with Crippen LogP contribution in [0.5, 0.6) is 0 Å². The third kappa shape index (κ3) is 4.44. The van der Waals surface area contributed by atoms with E-state index in [4.69, 9.17) is 11.4 Å². The summed E-state index contributed by atoms with van der Waals surface area (Å²) in [6.07, 6.45) is 13.3. The number of aromatic nitrogens is 4. The van der Waals surface area contributed by atoms with E-state index in [1.54, 1.807) is 6.20 Å². The minimum atomic E-state index is 0.386. The summed E-state index contributed by atoms with van der Waals surface area (Å²) in [6.45, 7) is 0. The fourth-order valence-electron chi connectivity index (χ4n) is 3.76. The van der Waals surface area contributed by atoms with E-state index in [0.717, 1.165) is 24.1 Å². The lowest BCUT2D eigenvalue weighted by atomic mass is 9.91. The number of hydrogen-bond acceptors (Lipinski definition) is 7. The molecule has 7 heteroatoms. The highest BCUT2D eigenvalue weighted by molar-refractivity contribution is 5.87. The van der Waals surface area contributed by atoms with Crippen molar-refractivity contribution in [3.63, 3.8) is 0 Å². The summed E-state index contributed by atoms with van der Waals surface area (Å²) in [5.74, 6) is 3.89. The highest BCUT2D eigenvalue weighted by Crippen LogP contribution is 2.25. The zero-order valence-electron chi connectivity index (χ0n) is 16.8. The Bertz CT molecular complexity index is 1030. The van der Waals surface area contributed by atoms with Crippen molar-refractivity contribution in [3.8, 4) is 12.3 Å². The summed E-state index contributed by atoms with van der Waals surface area (Å²) < 4.78 is 0. The second-order valence-electron chi connectivity index (χ2n) is 7.61. The van der Waals surface area contributed by atoms with Crippen LogP contribution in [0.1, 0.15) is 31.2 Å². The molecule has 1 saturated carbocycles. The minimum Gasteiger partial charge on any atom is -0.351 e. The van der Waals surface area contributed by atoms with Gasteiger partial charge in [-0.3, -0.25) is 0 Å². The number of fused-ring (bicyclic) bond motifs is 1. The molecule has 0 bridgehead atoms. The number of benzene rings is 1. The molecule has 148 valence electrons. The maximum Gasteiger partial charge on any atom is 0.223 e. The van der Waals surface area contributed by atoms with Gasteiger partial charge in [0.25, 0.3) is 0 Å². The fraction of sp³-hybridized carbons (Fsp3) is 0.364. The van der Waals surface area contributed by atoms with Crippen LogP contribution in [0.3, 0.4) is 0 Å². The summed E-state index contributed by atoms with van der Waals surface area (Å²) in [4.78, 5) is 20.1. The van der Waals surface area contributed by atoms with Gasteiger partial charge < -0.3 is 15.5 Å². The average molecular weight is 387 g/mol. The predicted molar refractivity (Wildman–Crippen MR) is 116 cm³/mol. The Morgan fingerprint density at radius 3 is 2.69 bits per heavy atom. The highest BCUT2D eigenvalue weighted by atomic mass is 15.1. The van der Waals surface area contributed by atoms with E-state index >= 15 is 0 Å². The van der Waals surface area contributed by atoms with Gasteiger partial charge in [0.1, 0.15) is 17.4 Å². The average Bonchev–Trinajstić information content (AvgIpc) is 2.75. The van der Waals surface area contributed by atoms with Gasteiger partial charge in [0.15, 0.2) is 5.82 Å². The Hall–Kier alpha value is -3.24. The van der Waals surface area contributed by atoms with Crippen molar-refractivity contribution >= 4 is 28.5 Å². The molecule has 0 spiro atoms. The number of nitrogens with one attached hydrogen (secondary N) is 2. The van der Waals surface area contributed by atoms with E-state index in [1.165, 1.54) is 19.2 Å². The van der Waals surface area contributed by atoms with Crippen LogP contribution in [-0.2, 0) is 0 Å². The second kappa shape index (κ2) is 8.41. The van der Waals surface area contributed by atoms with Gasteiger partial charge in [-0.25, -0.2) is 19.9 Å². The van der Waals surface area contributed by atoms with Gasteiger partial charge in [0.2, 0.25) is 5.95 Å². The highest BCUT2D eigenvalue weighted by Gasteiger charge is 2.23. The third-order valence-corrected chi connectivity index (χ3v) is 5.43. The van der Waals surface area contributed by atoms with Gasteiger partial charge in [-0.05, 0) is 58.0 Å².